The third-order valence-electron chi connectivity index (χ3n) is 3.71. The number of aromatic hydroxyl groups is 1. The highest BCUT2D eigenvalue weighted by Crippen LogP contribution is 2.10. The zero-order chi connectivity index (χ0) is 24.0. The molecule has 0 aliphatic carbocycles. The Bertz CT molecular complexity index is 811. The largest absolute Gasteiger partial charge is 0.508 e. The number of nitrogens with two attached hydrogens (primary N) is 3. The number of hydrogen-bond acceptors (Lipinski definition) is 7. The molecule has 170 valence electrons. The number of phenolic OH excluding ortho intramolecular Hbond substituents is 1. The van der Waals surface area contributed by atoms with Gasteiger partial charge in [-0.25, -0.2) is 0 Å². The summed E-state index contributed by atoms with van der Waals surface area (Å²) in [6, 6.07) is 13.2. The van der Waals surface area contributed by atoms with Gasteiger partial charge in [-0.05, 0) is 43.0 Å². The van der Waals surface area contributed by atoms with Gasteiger partial charge in [0.25, 0.3) is 0 Å². The van der Waals surface area contributed by atoms with E-state index in [4.69, 9.17) is 37.6 Å². The van der Waals surface area contributed by atoms with Gasteiger partial charge in [0.2, 0.25) is 0 Å². The molecule has 0 saturated heterocycles. The Morgan fingerprint density at radius 3 is 1.39 bits per heavy atom. The number of aliphatic carboxylic acids is 3. The van der Waals surface area contributed by atoms with E-state index in [2.05, 4.69) is 0 Å². The second-order valence-corrected chi connectivity index (χ2v) is 6.58. The minimum absolute atomic E-state index is 0.160. The van der Waals surface area contributed by atoms with E-state index in [1.54, 1.807) is 12.1 Å². The Labute approximate surface area is 179 Å². The topological polar surface area (TPSA) is 210 Å². The Morgan fingerprint density at radius 1 is 0.710 bits per heavy atom. The van der Waals surface area contributed by atoms with Crippen LogP contribution >= 0.6 is 0 Å². The lowest BCUT2D eigenvalue weighted by atomic mass is 10.1. The van der Waals surface area contributed by atoms with Crippen LogP contribution in [0, 0.1) is 0 Å². The average Bonchev–Trinajstić information content (AvgIpc) is 2.71. The van der Waals surface area contributed by atoms with Crippen molar-refractivity contribution in [1.29, 1.82) is 0 Å². The third kappa shape index (κ3) is 13.4. The van der Waals surface area contributed by atoms with Crippen LogP contribution in [0.1, 0.15) is 18.1 Å². The van der Waals surface area contributed by atoms with E-state index in [9.17, 15) is 14.4 Å². The summed E-state index contributed by atoms with van der Waals surface area (Å²) in [5.41, 5.74) is 17.3. The fourth-order valence-electron chi connectivity index (χ4n) is 1.93. The predicted octanol–water partition coefficient (Wildman–Crippen LogP) is 0.406. The van der Waals surface area contributed by atoms with E-state index in [1.165, 1.54) is 19.1 Å². The van der Waals surface area contributed by atoms with Crippen LogP contribution in [-0.2, 0) is 27.2 Å². The molecule has 3 atom stereocenters. The van der Waals surface area contributed by atoms with Crippen molar-refractivity contribution in [2.75, 3.05) is 0 Å². The maximum absolute atomic E-state index is 10.4. The molecule has 0 radical (unpaired) electrons. The molecule has 2 rings (SSSR count). The molecule has 2 aromatic rings. The first kappa shape index (κ1) is 27.5. The maximum Gasteiger partial charge on any atom is 0.320 e. The molecule has 3 unspecified atom stereocenters. The summed E-state index contributed by atoms with van der Waals surface area (Å²) in [6.07, 6.45) is 0.659. The number of benzene rings is 2. The minimum atomic E-state index is -1.02. The van der Waals surface area contributed by atoms with Crippen LogP contribution in [0.5, 0.6) is 5.75 Å². The molecule has 10 N–H and O–H groups in total. The van der Waals surface area contributed by atoms with Gasteiger partial charge in [0, 0.05) is 0 Å². The van der Waals surface area contributed by atoms with Crippen LogP contribution < -0.4 is 17.2 Å². The molecular weight excluding hydrogens is 406 g/mol. The number of carbonyl (C=O) groups is 3. The molecule has 10 heteroatoms. The summed E-state index contributed by atoms with van der Waals surface area (Å²) in [5.74, 6) is -2.78. The summed E-state index contributed by atoms with van der Waals surface area (Å²) in [6.45, 7) is 1.42. The number of rotatable bonds is 7. The highest BCUT2D eigenvalue weighted by molar-refractivity contribution is 5.74. The summed E-state index contributed by atoms with van der Waals surface area (Å²) in [4.78, 5) is 30.3. The number of carboxylic acid groups (broad SMARTS) is 3. The van der Waals surface area contributed by atoms with Gasteiger partial charge in [-0.3, -0.25) is 14.4 Å². The molecule has 0 aromatic heterocycles. The Morgan fingerprint density at radius 2 is 1.06 bits per heavy atom. The molecule has 0 fully saturated rings. The number of phenols is 1. The molecular formula is C21H29N3O7. The van der Waals surface area contributed by atoms with Gasteiger partial charge >= 0.3 is 17.9 Å². The standard InChI is InChI=1S/C9H11NO3.C9H11NO2.C3H7NO2/c10-8(9(12)13)5-6-1-3-7(11)4-2-6;10-8(9(11)12)6-7-4-2-1-3-5-7;1-2(4)3(5)6/h1-4,8,11H,5,10H2,(H,12,13);1-5,8H,6,10H2,(H,11,12);2H,4H2,1H3,(H,5,6). The second kappa shape index (κ2) is 14.5. The molecule has 0 heterocycles. The lowest BCUT2D eigenvalue weighted by molar-refractivity contribution is -0.139. The van der Waals surface area contributed by atoms with Gasteiger partial charge in [-0.15, -0.1) is 0 Å². The van der Waals surface area contributed by atoms with E-state index < -0.39 is 36.0 Å². The van der Waals surface area contributed by atoms with Gasteiger partial charge in [0.15, 0.2) is 0 Å². The molecule has 0 saturated carbocycles. The fourth-order valence-corrected chi connectivity index (χ4v) is 1.93. The molecule has 0 amide bonds. The second-order valence-electron chi connectivity index (χ2n) is 6.58. The minimum Gasteiger partial charge on any atom is -0.508 e. The van der Waals surface area contributed by atoms with Crippen molar-refractivity contribution < 1.29 is 34.8 Å². The van der Waals surface area contributed by atoms with E-state index in [-0.39, 0.29) is 12.2 Å². The Hall–Kier alpha value is -3.47. The van der Waals surface area contributed by atoms with Crippen molar-refractivity contribution in [3.05, 3.63) is 65.7 Å². The van der Waals surface area contributed by atoms with E-state index >= 15 is 0 Å². The first-order chi connectivity index (χ1) is 14.4. The first-order valence-corrected chi connectivity index (χ1v) is 9.21. The van der Waals surface area contributed by atoms with Crippen molar-refractivity contribution in [3.8, 4) is 5.75 Å². The van der Waals surface area contributed by atoms with Crippen molar-refractivity contribution >= 4 is 17.9 Å². The predicted molar refractivity (Wildman–Crippen MR) is 114 cm³/mol. The van der Waals surface area contributed by atoms with Crippen LogP contribution in [0.2, 0.25) is 0 Å². The zero-order valence-electron chi connectivity index (χ0n) is 17.1. The molecule has 0 aliphatic heterocycles. The molecule has 2 aromatic carbocycles. The normalized spacial score (nSPS) is 12.6. The van der Waals surface area contributed by atoms with Gasteiger partial charge in [0.1, 0.15) is 23.9 Å². The third-order valence-corrected chi connectivity index (χ3v) is 3.71. The van der Waals surface area contributed by atoms with Crippen LogP contribution in [-0.4, -0.2) is 56.5 Å². The van der Waals surface area contributed by atoms with Crippen molar-refractivity contribution in [3.63, 3.8) is 0 Å². The average molecular weight is 435 g/mol. The van der Waals surface area contributed by atoms with E-state index in [1.807, 2.05) is 30.3 Å². The van der Waals surface area contributed by atoms with Gasteiger partial charge in [0.05, 0.1) is 0 Å². The van der Waals surface area contributed by atoms with Crippen molar-refractivity contribution in [1.82, 2.24) is 0 Å². The molecule has 10 nitrogen and oxygen atoms in total. The monoisotopic (exact) mass is 435 g/mol. The quantitative estimate of drug-likeness (QED) is 0.318. The smallest absolute Gasteiger partial charge is 0.320 e. The number of hydrogen-bond donors (Lipinski definition) is 7. The summed E-state index contributed by atoms with van der Waals surface area (Å²) < 4.78 is 0. The highest BCUT2D eigenvalue weighted by Gasteiger charge is 2.12. The lowest BCUT2D eigenvalue weighted by Gasteiger charge is -2.05. The Kier molecular flexibility index (Phi) is 12.9. The van der Waals surface area contributed by atoms with Crippen LogP contribution in [0.15, 0.2) is 54.6 Å². The summed E-state index contributed by atoms with van der Waals surface area (Å²) in [5, 5.41) is 33.9. The van der Waals surface area contributed by atoms with Gasteiger partial charge < -0.3 is 37.6 Å². The summed E-state index contributed by atoms with van der Waals surface area (Å²) >= 11 is 0. The summed E-state index contributed by atoms with van der Waals surface area (Å²) in [7, 11) is 0. The zero-order valence-corrected chi connectivity index (χ0v) is 17.1. The van der Waals surface area contributed by atoms with Crippen molar-refractivity contribution in [2.45, 2.75) is 37.9 Å². The van der Waals surface area contributed by atoms with Crippen LogP contribution in [0.4, 0.5) is 0 Å². The molecule has 0 aliphatic rings. The van der Waals surface area contributed by atoms with Gasteiger partial charge in [-0.1, -0.05) is 42.5 Å². The SMILES string of the molecule is CC(N)C(=O)O.NC(Cc1ccc(O)cc1)C(=O)O.NC(Cc1ccccc1)C(=O)O. The number of carboxylic acids is 3. The first-order valence-electron chi connectivity index (χ1n) is 9.21. The Balaban J connectivity index is 0.000000466. The maximum atomic E-state index is 10.4. The van der Waals surface area contributed by atoms with Crippen LogP contribution in [0.25, 0.3) is 0 Å². The van der Waals surface area contributed by atoms with Gasteiger partial charge in [-0.2, -0.15) is 0 Å². The molecule has 31 heavy (non-hydrogen) atoms. The highest BCUT2D eigenvalue weighted by atomic mass is 16.4. The van der Waals surface area contributed by atoms with Crippen LogP contribution in [0.3, 0.4) is 0 Å². The molecule has 0 bridgehead atoms. The lowest BCUT2D eigenvalue weighted by Crippen LogP contribution is -2.32. The fraction of sp³-hybridized carbons (Fsp3) is 0.286. The van der Waals surface area contributed by atoms with E-state index in [0.29, 0.717) is 6.42 Å². The molecule has 0 spiro atoms. The van der Waals surface area contributed by atoms with E-state index in [0.717, 1.165) is 11.1 Å². The van der Waals surface area contributed by atoms with Crippen molar-refractivity contribution in [2.24, 2.45) is 17.2 Å².